The van der Waals surface area contributed by atoms with Crippen molar-refractivity contribution in [2.45, 2.75) is 89.4 Å². The first-order chi connectivity index (χ1) is 16.4. The molecule has 0 aromatic rings. The van der Waals surface area contributed by atoms with Crippen LogP contribution < -0.4 is 33.2 Å². The van der Waals surface area contributed by atoms with E-state index in [9.17, 15) is 29.1 Å². The molecule has 0 saturated carbocycles. The number of nitrogens with one attached hydrogen (secondary N) is 3. The van der Waals surface area contributed by atoms with E-state index >= 15 is 0 Å². The second-order valence-electron chi connectivity index (χ2n) is 8.79. The average molecular weight is 503 g/mol. The van der Waals surface area contributed by atoms with Crippen LogP contribution in [0.4, 0.5) is 0 Å². The average Bonchev–Trinajstić information content (AvgIpc) is 2.79. The van der Waals surface area contributed by atoms with E-state index in [1.54, 1.807) is 13.8 Å². The van der Waals surface area contributed by atoms with Gasteiger partial charge in [-0.15, -0.1) is 0 Å². The highest BCUT2D eigenvalue weighted by atomic mass is 16.4. The molecule has 11 N–H and O–H groups in total. The molecule has 13 nitrogen and oxygen atoms in total. The Kier molecular flexibility index (Phi) is 16.2. The van der Waals surface area contributed by atoms with Crippen molar-refractivity contribution < 1.29 is 34.2 Å². The van der Waals surface area contributed by atoms with Crippen molar-refractivity contribution in [2.24, 2.45) is 23.1 Å². The Bertz CT molecular complexity index is 704. The van der Waals surface area contributed by atoms with Crippen molar-refractivity contribution in [1.29, 1.82) is 0 Å². The van der Waals surface area contributed by atoms with E-state index in [1.807, 2.05) is 0 Å². The molecular formula is C22H42N6O7. The topological polar surface area (TPSA) is 240 Å². The van der Waals surface area contributed by atoms with Crippen LogP contribution in [-0.2, 0) is 24.0 Å². The molecule has 0 aliphatic carbocycles. The zero-order chi connectivity index (χ0) is 27.0. The van der Waals surface area contributed by atoms with Gasteiger partial charge in [0.05, 0.1) is 6.04 Å². The Labute approximate surface area is 205 Å². The van der Waals surface area contributed by atoms with E-state index in [4.69, 9.17) is 22.3 Å². The lowest BCUT2D eigenvalue weighted by atomic mass is 10.0. The van der Waals surface area contributed by atoms with Gasteiger partial charge >= 0.3 is 11.9 Å². The molecule has 3 amide bonds. The minimum Gasteiger partial charge on any atom is -0.481 e. The van der Waals surface area contributed by atoms with E-state index in [0.717, 1.165) is 0 Å². The molecule has 4 unspecified atom stereocenters. The van der Waals surface area contributed by atoms with Crippen LogP contribution in [0, 0.1) is 5.92 Å². The maximum absolute atomic E-state index is 13.0. The molecule has 0 heterocycles. The Balaban J connectivity index is 5.53. The van der Waals surface area contributed by atoms with Gasteiger partial charge in [0.15, 0.2) is 0 Å². The van der Waals surface area contributed by atoms with Crippen LogP contribution in [0.25, 0.3) is 0 Å². The molecule has 0 spiro atoms. The van der Waals surface area contributed by atoms with Crippen LogP contribution in [0.1, 0.15) is 65.2 Å². The minimum atomic E-state index is -1.24. The lowest BCUT2D eigenvalue weighted by Gasteiger charge is -2.25. The Hall–Kier alpha value is -2.77. The van der Waals surface area contributed by atoms with Crippen molar-refractivity contribution in [3.8, 4) is 0 Å². The summed E-state index contributed by atoms with van der Waals surface area (Å²) in [5.74, 6) is -4.68. The molecule has 0 rings (SSSR count). The lowest BCUT2D eigenvalue weighted by Crippen LogP contribution is -2.57. The molecule has 4 atom stereocenters. The standard InChI is InChI=1S/C22H42N6O7/c1-13(2)18(25)21(33)27-15(9-10-17(29)30)20(32)26-14(7-3-5-11-23)19(31)28-16(22(34)35)8-4-6-12-24/h13-16,18H,3-12,23-25H2,1-2H3,(H,26,32)(H,27,33)(H,28,31)(H,29,30)(H,34,35). The SMILES string of the molecule is CC(C)C(N)C(=O)NC(CCC(=O)O)C(=O)NC(CCCCN)C(=O)NC(CCCCN)C(=O)O. The number of rotatable bonds is 19. The number of carboxylic acids is 2. The normalized spacial score (nSPS) is 14.5. The first-order valence-electron chi connectivity index (χ1n) is 12.0. The smallest absolute Gasteiger partial charge is 0.326 e. The van der Waals surface area contributed by atoms with E-state index in [1.165, 1.54) is 0 Å². The van der Waals surface area contributed by atoms with Gasteiger partial charge < -0.3 is 43.4 Å². The Morgan fingerprint density at radius 2 is 1.11 bits per heavy atom. The highest BCUT2D eigenvalue weighted by molar-refractivity contribution is 5.94. The maximum atomic E-state index is 13.0. The zero-order valence-corrected chi connectivity index (χ0v) is 20.6. The second-order valence-corrected chi connectivity index (χ2v) is 8.79. The van der Waals surface area contributed by atoms with E-state index in [2.05, 4.69) is 16.0 Å². The van der Waals surface area contributed by atoms with Gasteiger partial charge in [0.25, 0.3) is 0 Å². The summed E-state index contributed by atoms with van der Waals surface area (Å²) in [5, 5.41) is 25.9. The Morgan fingerprint density at radius 3 is 1.54 bits per heavy atom. The van der Waals surface area contributed by atoms with Crippen LogP contribution >= 0.6 is 0 Å². The second kappa shape index (κ2) is 17.6. The summed E-state index contributed by atoms with van der Waals surface area (Å²) in [4.78, 5) is 60.8. The molecule has 0 aromatic heterocycles. The summed E-state index contributed by atoms with van der Waals surface area (Å²) >= 11 is 0. The molecule has 0 fully saturated rings. The molecule has 35 heavy (non-hydrogen) atoms. The minimum absolute atomic E-state index is 0.173. The molecule has 0 saturated heterocycles. The van der Waals surface area contributed by atoms with Gasteiger partial charge in [0.2, 0.25) is 17.7 Å². The van der Waals surface area contributed by atoms with Gasteiger partial charge in [0.1, 0.15) is 18.1 Å². The fourth-order valence-corrected chi connectivity index (χ4v) is 3.16. The summed E-state index contributed by atoms with van der Waals surface area (Å²) in [6.45, 7) is 4.20. The van der Waals surface area contributed by atoms with Crippen molar-refractivity contribution in [1.82, 2.24) is 16.0 Å². The molecular weight excluding hydrogens is 460 g/mol. The summed E-state index contributed by atoms with van der Waals surface area (Å²) in [6, 6.07) is -4.42. The van der Waals surface area contributed by atoms with Crippen molar-refractivity contribution in [3.63, 3.8) is 0 Å². The van der Waals surface area contributed by atoms with Gasteiger partial charge in [-0.25, -0.2) is 4.79 Å². The summed E-state index contributed by atoms with van der Waals surface area (Å²) < 4.78 is 0. The fraction of sp³-hybridized carbons (Fsp3) is 0.773. The van der Waals surface area contributed by atoms with Gasteiger partial charge in [0, 0.05) is 6.42 Å². The third-order valence-electron chi connectivity index (χ3n) is 5.44. The fourth-order valence-electron chi connectivity index (χ4n) is 3.16. The van der Waals surface area contributed by atoms with E-state index in [-0.39, 0.29) is 25.2 Å². The molecule has 0 aliphatic rings. The monoisotopic (exact) mass is 502 g/mol. The van der Waals surface area contributed by atoms with Crippen molar-refractivity contribution in [2.75, 3.05) is 13.1 Å². The molecule has 0 radical (unpaired) electrons. The number of carbonyl (C=O) groups is 5. The first kappa shape index (κ1) is 32.2. The van der Waals surface area contributed by atoms with Crippen molar-refractivity contribution in [3.05, 3.63) is 0 Å². The number of carboxylic acid groups (broad SMARTS) is 2. The van der Waals surface area contributed by atoms with Crippen molar-refractivity contribution >= 4 is 29.7 Å². The summed E-state index contributed by atoms with van der Waals surface area (Å²) in [6.07, 6.45) is 1.87. The Morgan fingerprint density at radius 1 is 0.686 bits per heavy atom. The molecule has 202 valence electrons. The molecule has 0 bridgehead atoms. The quantitative estimate of drug-likeness (QED) is 0.0963. The van der Waals surface area contributed by atoms with Crippen LogP contribution in [0.2, 0.25) is 0 Å². The van der Waals surface area contributed by atoms with Crippen LogP contribution in [-0.4, -0.2) is 77.1 Å². The zero-order valence-electron chi connectivity index (χ0n) is 20.6. The molecule has 13 heteroatoms. The van der Waals surface area contributed by atoms with Gasteiger partial charge in [-0.3, -0.25) is 19.2 Å². The number of hydrogen-bond donors (Lipinski definition) is 8. The first-order valence-corrected chi connectivity index (χ1v) is 12.0. The number of unbranched alkanes of at least 4 members (excludes halogenated alkanes) is 2. The summed E-state index contributed by atoms with van der Waals surface area (Å²) in [7, 11) is 0. The molecule has 0 aliphatic heterocycles. The van der Waals surface area contributed by atoms with Crippen LogP contribution in [0.5, 0.6) is 0 Å². The lowest BCUT2D eigenvalue weighted by molar-refractivity contribution is -0.142. The summed E-state index contributed by atoms with van der Waals surface area (Å²) in [5.41, 5.74) is 16.8. The molecule has 0 aromatic carbocycles. The van der Waals surface area contributed by atoms with Gasteiger partial charge in [-0.05, 0) is 64.0 Å². The number of nitrogens with two attached hydrogens (primary N) is 3. The maximum Gasteiger partial charge on any atom is 0.326 e. The highest BCUT2D eigenvalue weighted by Crippen LogP contribution is 2.08. The third kappa shape index (κ3) is 13.6. The predicted octanol–water partition coefficient (Wildman–Crippen LogP) is -1.37. The highest BCUT2D eigenvalue weighted by Gasteiger charge is 2.30. The van der Waals surface area contributed by atoms with Crippen LogP contribution in [0.3, 0.4) is 0 Å². The predicted molar refractivity (Wildman–Crippen MR) is 129 cm³/mol. The van der Waals surface area contributed by atoms with E-state index in [0.29, 0.717) is 38.8 Å². The third-order valence-corrected chi connectivity index (χ3v) is 5.44. The number of hydrogen-bond acceptors (Lipinski definition) is 8. The van der Waals surface area contributed by atoms with Crippen LogP contribution in [0.15, 0.2) is 0 Å². The number of carbonyl (C=O) groups excluding carboxylic acids is 3. The van der Waals surface area contributed by atoms with Gasteiger partial charge in [-0.2, -0.15) is 0 Å². The number of aliphatic carboxylic acids is 2. The largest absolute Gasteiger partial charge is 0.481 e. The number of amides is 3. The van der Waals surface area contributed by atoms with Gasteiger partial charge in [-0.1, -0.05) is 13.8 Å². The van der Waals surface area contributed by atoms with E-state index < -0.39 is 60.2 Å².